The van der Waals surface area contributed by atoms with Crippen LogP contribution in [0.1, 0.15) is 24.1 Å². The summed E-state index contributed by atoms with van der Waals surface area (Å²) in [7, 11) is 1.71. The highest BCUT2D eigenvalue weighted by Crippen LogP contribution is 2.18. The van der Waals surface area contributed by atoms with E-state index < -0.39 is 0 Å². The molecule has 0 unspecified atom stereocenters. The summed E-state index contributed by atoms with van der Waals surface area (Å²) in [6.07, 6.45) is 0. The molecule has 0 spiro atoms. The topological polar surface area (TPSA) is 21.3 Å². The highest BCUT2D eigenvalue weighted by molar-refractivity contribution is 5.33. The minimum atomic E-state index is 0.330. The lowest BCUT2D eigenvalue weighted by atomic mass is 10.1. The molecule has 2 rings (SSSR count). The van der Waals surface area contributed by atoms with Crippen molar-refractivity contribution in [3.05, 3.63) is 65.7 Å². The maximum atomic E-state index is 5.34. The summed E-state index contributed by atoms with van der Waals surface area (Å²) in [4.78, 5) is 0. The number of nitrogens with one attached hydrogen (secondary N) is 1. The Labute approximate surface area is 109 Å². The Morgan fingerprint density at radius 3 is 2.39 bits per heavy atom. The summed E-state index contributed by atoms with van der Waals surface area (Å²) in [6.45, 7) is 2.98. The lowest BCUT2D eigenvalue weighted by Gasteiger charge is -2.15. The highest BCUT2D eigenvalue weighted by atomic mass is 16.5. The first-order valence-corrected chi connectivity index (χ1v) is 6.21. The van der Waals surface area contributed by atoms with E-state index in [0.29, 0.717) is 6.04 Å². The van der Waals surface area contributed by atoms with Gasteiger partial charge in [0.25, 0.3) is 0 Å². The summed E-state index contributed by atoms with van der Waals surface area (Å²) in [5.74, 6) is 0.935. The molecular weight excluding hydrogens is 222 g/mol. The number of rotatable bonds is 5. The smallest absolute Gasteiger partial charge is 0.123 e. The van der Waals surface area contributed by atoms with Crippen molar-refractivity contribution >= 4 is 0 Å². The van der Waals surface area contributed by atoms with E-state index in [-0.39, 0.29) is 0 Å². The lowest BCUT2D eigenvalue weighted by molar-refractivity contribution is 0.406. The molecule has 2 heteroatoms. The zero-order chi connectivity index (χ0) is 12.8. The molecule has 2 aromatic rings. The first-order valence-electron chi connectivity index (χ1n) is 6.21. The summed E-state index contributed by atoms with van der Waals surface area (Å²) >= 11 is 0. The van der Waals surface area contributed by atoms with Gasteiger partial charge in [0, 0.05) is 18.2 Å². The van der Waals surface area contributed by atoms with Crippen LogP contribution in [0.2, 0.25) is 0 Å². The Hall–Kier alpha value is -1.80. The molecule has 0 bridgehead atoms. The average Bonchev–Trinajstić information content (AvgIpc) is 2.46. The monoisotopic (exact) mass is 241 g/mol. The van der Waals surface area contributed by atoms with E-state index in [0.717, 1.165) is 12.3 Å². The van der Waals surface area contributed by atoms with Crippen LogP contribution in [0.4, 0.5) is 0 Å². The van der Waals surface area contributed by atoms with Crippen LogP contribution < -0.4 is 10.1 Å². The SMILES string of the molecule is COc1ccccc1CN[C@@H](C)c1ccccc1. The number of methoxy groups -OCH3 is 1. The van der Waals surface area contributed by atoms with E-state index in [1.165, 1.54) is 11.1 Å². The first kappa shape index (κ1) is 12.7. The Morgan fingerprint density at radius 1 is 1.00 bits per heavy atom. The number of hydrogen-bond donors (Lipinski definition) is 1. The van der Waals surface area contributed by atoms with E-state index >= 15 is 0 Å². The second-order valence-corrected chi connectivity index (χ2v) is 4.33. The highest BCUT2D eigenvalue weighted by Gasteiger charge is 2.06. The Morgan fingerprint density at radius 2 is 1.67 bits per heavy atom. The molecule has 0 aliphatic carbocycles. The third-order valence-electron chi connectivity index (χ3n) is 3.09. The molecule has 0 aliphatic rings. The molecule has 0 heterocycles. The van der Waals surface area contributed by atoms with Crippen molar-refractivity contribution < 1.29 is 4.74 Å². The van der Waals surface area contributed by atoms with Gasteiger partial charge >= 0.3 is 0 Å². The minimum Gasteiger partial charge on any atom is -0.496 e. The second-order valence-electron chi connectivity index (χ2n) is 4.33. The number of benzene rings is 2. The van der Waals surface area contributed by atoms with Crippen molar-refractivity contribution in [3.8, 4) is 5.75 Å². The number of ether oxygens (including phenoxy) is 1. The van der Waals surface area contributed by atoms with Gasteiger partial charge in [-0.25, -0.2) is 0 Å². The van der Waals surface area contributed by atoms with E-state index in [4.69, 9.17) is 4.74 Å². The van der Waals surface area contributed by atoms with Gasteiger partial charge in [0.05, 0.1) is 7.11 Å². The normalized spacial score (nSPS) is 12.1. The Bertz CT molecular complexity index is 481. The maximum absolute atomic E-state index is 5.34. The molecule has 1 N–H and O–H groups in total. The van der Waals surface area contributed by atoms with Crippen molar-refractivity contribution in [1.29, 1.82) is 0 Å². The molecule has 0 aliphatic heterocycles. The second kappa shape index (κ2) is 6.22. The van der Waals surface area contributed by atoms with Crippen molar-refractivity contribution in [3.63, 3.8) is 0 Å². The predicted octanol–water partition coefficient (Wildman–Crippen LogP) is 3.55. The van der Waals surface area contributed by atoms with Crippen LogP contribution in [0.5, 0.6) is 5.75 Å². The summed E-state index contributed by atoms with van der Waals surface area (Å²) in [6, 6.07) is 18.9. The fourth-order valence-electron chi connectivity index (χ4n) is 1.97. The fourth-order valence-corrected chi connectivity index (χ4v) is 1.97. The third kappa shape index (κ3) is 3.11. The van der Waals surface area contributed by atoms with E-state index in [9.17, 15) is 0 Å². The molecule has 2 nitrogen and oxygen atoms in total. The molecule has 0 saturated heterocycles. The van der Waals surface area contributed by atoms with Crippen LogP contribution in [-0.4, -0.2) is 7.11 Å². The van der Waals surface area contributed by atoms with E-state index in [1.54, 1.807) is 7.11 Å². The molecule has 2 aromatic carbocycles. The van der Waals surface area contributed by atoms with Crippen molar-refractivity contribution in [1.82, 2.24) is 5.32 Å². The molecule has 0 amide bonds. The standard InChI is InChI=1S/C16H19NO/c1-13(14-8-4-3-5-9-14)17-12-15-10-6-7-11-16(15)18-2/h3-11,13,17H,12H2,1-2H3/t13-/m0/s1. The van der Waals surface area contributed by atoms with Gasteiger partial charge in [-0.1, -0.05) is 48.5 Å². The minimum absolute atomic E-state index is 0.330. The number of hydrogen-bond acceptors (Lipinski definition) is 2. The zero-order valence-corrected chi connectivity index (χ0v) is 10.9. The fraction of sp³-hybridized carbons (Fsp3) is 0.250. The molecule has 18 heavy (non-hydrogen) atoms. The molecule has 0 aromatic heterocycles. The van der Waals surface area contributed by atoms with Crippen molar-refractivity contribution in [2.75, 3.05) is 7.11 Å². The molecule has 1 atom stereocenters. The lowest BCUT2D eigenvalue weighted by Crippen LogP contribution is -2.18. The van der Waals surface area contributed by atoms with Crippen LogP contribution in [0, 0.1) is 0 Å². The van der Waals surface area contributed by atoms with E-state index in [1.807, 2.05) is 24.3 Å². The van der Waals surface area contributed by atoms with Gasteiger partial charge in [-0.3, -0.25) is 0 Å². The van der Waals surface area contributed by atoms with Gasteiger partial charge in [-0.05, 0) is 18.6 Å². The largest absolute Gasteiger partial charge is 0.496 e. The van der Waals surface area contributed by atoms with Gasteiger partial charge in [-0.15, -0.1) is 0 Å². The third-order valence-corrected chi connectivity index (χ3v) is 3.09. The van der Waals surface area contributed by atoms with Gasteiger partial charge in [0.1, 0.15) is 5.75 Å². The molecule has 0 fully saturated rings. The zero-order valence-electron chi connectivity index (χ0n) is 10.9. The van der Waals surface area contributed by atoms with Crippen molar-refractivity contribution in [2.24, 2.45) is 0 Å². The van der Waals surface area contributed by atoms with Gasteiger partial charge < -0.3 is 10.1 Å². The van der Waals surface area contributed by atoms with Gasteiger partial charge in [-0.2, -0.15) is 0 Å². The summed E-state index contributed by atoms with van der Waals surface area (Å²) in [5, 5.41) is 3.51. The summed E-state index contributed by atoms with van der Waals surface area (Å²) < 4.78 is 5.34. The van der Waals surface area contributed by atoms with Gasteiger partial charge in [0.2, 0.25) is 0 Å². The van der Waals surface area contributed by atoms with Crippen molar-refractivity contribution in [2.45, 2.75) is 19.5 Å². The predicted molar refractivity (Wildman–Crippen MR) is 74.7 cm³/mol. The molecule has 0 saturated carbocycles. The quantitative estimate of drug-likeness (QED) is 0.864. The molecule has 0 radical (unpaired) electrons. The number of para-hydroxylation sites is 1. The van der Waals surface area contributed by atoms with Crippen LogP contribution in [0.15, 0.2) is 54.6 Å². The van der Waals surface area contributed by atoms with Crippen LogP contribution in [0.3, 0.4) is 0 Å². The molecular formula is C16H19NO. The first-order chi connectivity index (χ1) is 8.81. The average molecular weight is 241 g/mol. The molecule has 94 valence electrons. The van der Waals surface area contributed by atoms with Crippen LogP contribution >= 0.6 is 0 Å². The van der Waals surface area contributed by atoms with Gasteiger partial charge in [0.15, 0.2) is 0 Å². The Balaban J connectivity index is 1.99. The summed E-state index contributed by atoms with van der Waals surface area (Å²) in [5.41, 5.74) is 2.48. The van der Waals surface area contributed by atoms with Crippen LogP contribution in [-0.2, 0) is 6.54 Å². The maximum Gasteiger partial charge on any atom is 0.123 e. The Kier molecular flexibility index (Phi) is 4.37. The van der Waals surface area contributed by atoms with E-state index in [2.05, 4.69) is 42.6 Å². The van der Waals surface area contributed by atoms with Crippen LogP contribution in [0.25, 0.3) is 0 Å².